The number of nitrogens with zero attached hydrogens (tertiary/aromatic N) is 1. The third-order valence-corrected chi connectivity index (χ3v) is 5.15. The first-order chi connectivity index (χ1) is 7.66. The van der Waals surface area contributed by atoms with E-state index in [0.717, 1.165) is 17.8 Å². The predicted molar refractivity (Wildman–Crippen MR) is 67.6 cm³/mol. The number of aryl methyl sites for hydroxylation is 2. The maximum Gasteiger partial charge on any atom is 0.0338 e. The molecule has 2 aliphatic carbocycles. The number of hydrogen-bond donors (Lipinski definition) is 0. The molecule has 88 valence electrons. The highest BCUT2D eigenvalue weighted by atomic mass is 15.0. The quantitative estimate of drug-likeness (QED) is 0.703. The molecule has 3 rings (SSSR count). The van der Waals surface area contributed by atoms with Crippen molar-refractivity contribution in [3.05, 3.63) is 23.5 Å². The van der Waals surface area contributed by atoms with Gasteiger partial charge < -0.3 is 4.57 Å². The summed E-state index contributed by atoms with van der Waals surface area (Å²) in [4.78, 5) is 0. The van der Waals surface area contributed by atoms with Crippen molar-refractivity contribution >= 4 is 0 Å². The number of hydrogen-bond acceptors (Lipinski definition) is 0. The Morgan fingerprint density at radius 2 is 1.81 bits per heavy atom. The van der Waals surface area contributed by atoms with Gasteiger partial charge in [0.2, 0.25) is 0 Å². The average Bonchev–Trinajstić information content (AvgIpc) is 2.93. The Balaban J connectivity index is 1.85. The third kappa shape index (κ3) is 1.44. The molecule has 2 fully saturated rings. The molecule has 0 aliphatic heterocycles. The van der Waals surface area contributed by atoms with E-state index in [2.05, 4.69) is 37.5 Å². The van der Waals surface area contributed by atoms with E-state index in [1.165, 1.54) is 37.1 Å². The van der Waals surface area contributed by atoms with E-state index in [1.807, 2.05) is 0 Å². The Morgan fingerprint density at radius 3 is 2.31 bits per heavy atom. The van der Waals surface area contributed by atoms with Crippen LogP contribution in [0.15, 0.2) is 12.1 Å². The van der Waals surface area contributed by atoms with Gasteiger partial charge in [-0.1, -0.05) is 6.42 Å². The van der Waals surface area contributed by atoms with Crippen LogP contribution in [0.1, 0.15) is 50.0 Å². The highest BCUT2D eigenvalue weighted by molar-refractivity contribution is 5.15. The first-order valence-corrected chi connectivity index (χ1v) is 6.81. The molecule has 0 saturated heterocycles. The summed E-state index contributed by atoms with van der Waals surface area (Å²) >= 11 is 0. The third-order valence-electron chi connectivity index (χ3n) is 5.15. The summed E-state index contributed by atoms with van der Waals surface area (Å²) in [5.74, 6) is 3.04. The summed E-state index contributed by atoms with van der Waals surface area (Å²) < 4.78 is 2.56. The summed E-state index contributed by atoms with van der Waals surface area (Å²) in [5, 5.41) is 0. The highest BCUT2D eigenvalue weighted by Crippen LogP contribution is 2.52. The Kier molecular flexibility index (Phi) is 2.38. The van der Waals surface area contributed by atoms with Crippen molar-refractivity contribution < 1.29 is 0 Å². The molecule has 1 aromatic heterocycles. The summed E-state index contributed by atoms with van der Waals surface area (Å²) in [6.07, 6.45) is 6.02. The minimum atomic E-state index is 0.713. The molecule has 0 amide bonds. The lowest BCUT2D eigenvalue weighted by atomic mass is 9.83. The van der Waals surface area contributed by atoms with Gasteiger partial charge in [-0.2, -0.15) is 0 Å². The van der Waals surface area contributed by atoms with Crippen LogP contribution in [0.3, 0.4) is 0 Å². The fourth-order valence-electron chi connectivity index (χ4n) is 4.40. The average molecular weight is 217 g/mol. The van der Waals surface area contributed by atoms with Crippen LogP contribution in [0.2, 0.25) is 0 Å². The summed E-state index contributed by atoms with van der Waals surface area (Å²) in [7, 11) is 0. The molecular weight excluding hydrogens is 194 g/mol. The van der Waals surface area contributed by atoms with Gasteiger partial charge in [-0.3, -0.25) is 0 Å². The monoisotopic (exact) mass is 217 g/mol. The van der Waals surface area contributed by atoms with Crippen LogP contribution < -0.4 is 0 Å². The first-order valence-electron chi connectivity index (χ1n) is 6.81. The molecule has 2 aliphatic rings. The largest absolute Gasteiger partial charge is 0.346 e. The zero-order chi connectivity index (χ0) is 11.3. The van der Waals surface area contributed by atoms with Crippen molar-refractivity contribution in [2.45, 2.75) is 52.5 Å². The van der Waals surface area contributed by atoms with E-state index in [9.17, 15) is 0 Å². The summed E-state index contributed by atoms with van der Waals surface area (Å²) in [6.45, 7) is 6.93. The van der Waals surface area contributed by atoms with Crippen molar-refractivity contribution in [1.29, 1.82) is 0 Å². The lowest BCUT2D eigenvalue weighted by Gasteiger charge is -2.31. The van der Waals surface area contributed by atoms with Crippen LogP contribution >= 0.6 is 0 Å². The maximum atomic E-state index is 2.56. The highest BCUT2D eigenvalue weighted by Gasteiger charge is 2.42. The van der Waals surface area contributed by atoms with Crippen LogP contribution in [-0.4, -0.2) is 4.57 Å². The van der Waals surface area contributed by atoms with E-state index in [-0.39, 0.29) is 0 Å². The van der Waals surface area contributed by atoms with Gasteiger partial charge in [0.1, 0.15) is 0 Å². The van der Waals surface area contributed by atoms with Gasteiger partial charge in [-0.15, -0.1) is 0 Å². The van der Waals surface area contributed by atoms with Crippen molar-refractivity contribution in [2.24, 2.45) is 17.8 Å². The Morgan fingerprint density at radius 1 is 1.12 bits per heavy atom. The number of aromatic nitrogens is 1. The minimum absolute atomic E-state index is 0.713. The SMILES string of the molecule is Cc1ccc(C)n1C(C)C1CC2CCC1C2. The topological polar surface area (TPSA) is 4.93 Å². The Bertz CT molecular complexity index is 371. The predicted octanol–water partition coefficient (Wildman–Crippen LogP) is 4.10. The molecule has 4 atom stereocenters. The minimum Gasteiger partial charge on any atom is -0.346 e. The van der Waals surface area contributed by atoms with Crippen LogP contribution in [-0.2, 0) is 0 Å². The van der Waals surface area contributed by atoms with Gasteiger partial charge in [0.15, 0.2) is 0 Å². The van der Waals surface area contributed by atoms with E-state index in [0.29, 0.717) is 6.04 Å². The van der Waals surface area contributed by atoms with Crippen LogP contribution in [0.4, 0.5) is 0 Å². The zero-order valence-corrected chi connectivity index (χ0v) is 10.7. The second-order valence-corrected chi connectivity index (χ2v) is 6.07. The van der Waals surface area contributed by atoms with Gasteiger partial charge in [0, 0.05) is 17.4 Å². The number of fused-ring (bicyclic) bond motifs is 2. The lowest BCUT2D eigenvalue weighted by molar-refractivity contribution is 0.239. The second-order valence-electron chi connectivity index (χ2n) is 6.07. The molecule has 2 saturated carbocycles. The van der Waals surface area contributed by atoms with Gasteiger partial charge in [-0.05, 0) is 69.9 Å². The fourth-order valence-corrected chi connectivity index (χ4v) is 4.40. The molecule has 0 N–H and O–H groups in total. The van der Waals surface area contributed by atoms with E-state index >= 15 is 0 Å². The van der Waals surface area contributed by atoms with Crippen molar-refractivity contribution in [3.8, 4) is 0 Å². The van der Waals surface area contributed by atoms with Crippen molar-refractivity contribution in [3.63, 3.8) is 0 Å². The Hall–Kier alpha value is -0.720. The normalized spacial score (nSPS) is 34.6. The van der Waals surface area contributed by atoms with Crippen molar-refractivity contribution in [2.75, 3.05) is 0 Å². The van der Waals surface area contributed by atoms with E-state index in [1.54, 1.807) is 0 Å². The molecule has 1 aromatic rings. The van der Waals surface area contributed by atoms with Crippen LogP contribution in [0.25, 0.3) is 0 Å². The molecule has 4 unspecified atom stereocenters. The second kappa shape index (κ2) is 3.65. The van der Waals surface area contributed by atoms with E-state index in [4.69, 9.17) is 0 Å². The lowest BCUT2D eigenvalue weighted by Crippen LogP contribution is -2.23. The number of rotatable bonds is 2. The molecule has 1 heterocycles. The Labute approximate surface area is 98.9 Å². The van der Waals surface area contributed by atoms with Gasteiger partial charge >= 0.3 is 0 Å². The smallest absolute Gasteiger partial charge is 0.0338 e. The van der Waals surface area contributed by atoms with E-state index < -0.39 is 0 Å². The first kappa shape index (κ1) is 10.4. The summed E-state index contributed by atoms with van der Waals surface area (Å²) in [6, 6.07) is 5.24. The molecule has 2 bridgehead atoms. The molecule has 1 heteroatoms. The molecule has 0 aromatic carbocycles. The van der Waals surface area contributed by atoms with Gasteiger partial charge in [-0.25, -0.2) is 0 Å². The molecule has 1 nitrogen and oxygen atoms in total. The molecule has 0 spiro atoms. The van der Waals surface area contributed by atoms with Crippen molar-refractivity contribution in [1.82, 2.24) is 4.57 Å². The zero-order valence-electron chi connectivity index (χ0n) is 10.7. The van der Waals surface area contributed by atoms with Gasteiger partial charge in [0.25, 0.3) is 0 Å². The van der Waals surface area contributed by atoms with Crippen LogP contribution in [0.5, 0.6) is 0 Å². The molecule has 16 heavy (non-hydrogen) atoms. The summed E-state index contributed by atoms with van der Waals surface area (Å²) in [5.41, 5.74) is 2.88. The van der Waals surface area contributed by atoms with Gasteiger partial charge in [0.05, 0.1) is 0 Å². The molecule has 0 radical (unpaired) electrons. The van der Waals surface area contributed by atoms with Crippen LogP contribution in [0, 0.1) is 31.6 Å². The molecular formula is C15H23N. The fraction of sp³-hybridized carbons (Fsp3) is 0.733. The maximum absolute atomic E-state index is 2.56. The standard InChI is InChI=1S/C15H23N/c1-10-4-5-11(2)16(10)12(3)15-9-13-6-7-14(15)8-13/h4-5,12-15H,6-9H2,1-3H3.